The first-order valence-electron chi connectivity index (χ1n) is 7.98. The summed E-state index contributed by atoms with van der Waals surface area (Å²) in [6.45, 7) is 1.30. The van der Waals surface area contributed by atoms with E-state index < -0.39 is 0 Å². The van der Waals surface area contributed by atoms with Crippen LogP contribution in [0, 0.1) is 0 Å². The van der Waals surface area contributed by atoms with Gasteiger partial charge in [-0.25, -0.2) is 0 Å². The van der Waals surface area contributed by atoms with Crippen LogP contribution < -0.4 is 5.32 Å². The molecule has 0 bridgehead atoms. The molecule has 1 N–H and O–H groups in total. The van der Waals surface area contributed by atoms with E-state index in [1.54, 1.807) is 24.3 Å². The van der Waals surface area contributed by atoms with E-state index in [0.29, 0.717) is 30.3 Å². The van der Waals surface area contributed by atoms with E-state index in [9.17, 15) is 9.59 Å². The Morgan fingerprint density at radius 2 is 1.88 bits per heavy atom. The minimum atomic E-state index is -0.203. The van der Waals surface area contributed by atoms with Crippen LogP contribution in [-0.4, -0.2) is 35.8 Å². The highest BCUT2D eigenvalue weighted by Crippen LogP contribution is 2.15. The van der Waals surface area contributed by atoms with Gasteiger partial charge < -0.3 is 14.6 Å². The van der Waals surface area contributed by atoms with Gasteiger partial charge in [0.1, 0.15) is 0 Å². The molecule has 1 aliphatic rings. The molecule has 1 fully saturated rings. The van der Waals surface area contributed by atoms with Crippen LogP contribution in [0.5, 0.6) is 0 Å². The molecule has 0 atom stereocenters. The Bertz CT molecular complexity index is 690. The lowest BCUT2D eigenvalue weighted by Gasteiger charge is -2.32. The van der Waals surface area contributed by atoms with Gasteiger partial charge in [0.2, 0.25) is 5.91 Å². The second kappa shape index (κ2) is 7.53. The third-order valence-electron chi connectivity index (χ3n) is 4.20. The number of carbonyl (C=O) groups excluding carboxylic acids is 2. The van der Waals surface area contributed by atoms with Crippen molar-refractivity contribution in [2.24, 2.45) is 0 Å². The zero-order valence-electron chi connectivity index (χ0n) is 13.2. The van der Waals surface area contributed by atoms with Crippen LogP contribution in [-0.2, 0) is 11.2 Å². The zero-order valence-corrected chi connectivity index (χ0v) is 14.0. The average Bonchev–Trinajstić information content (AvgIpc) is 3.12. The van der Waals surface area contributed by atoms with Gasteiger partial charge >= 0.3 is 0 Å². The third kappa shape index (κ3) is 4.17. The minimum Gasteiger partial charge on any atom is -0.459 e. The molecule has 1 aromatic heterocycles. The molecular weight excluding hydrogens is 328 g/mol. The van der Waals surface area contributed by atoms with Gasteiger partial charge in [0, 0.05) is 24.2 Å². The molecule has 24 heavy (non-hydrogen) atoms. The maximum atomic E-state index is 12.4. The Hall–Kier alpha value is -2.27. The molecule has 0 saturated carbocycles. The predicted octanol–water partition coefficient (Wildman–Crippen LogP) is 2.90. The molecule has 5 nitrogen and oxygen atoms in total. The van der Waals surface area contributed by atoms with Crippen LogP contribution in [0.3, 0.4) is 0 Å². The normalized spacial score (nSPS) is 15.3. The first kappa shape index (κ1) is 16.6. The fraction of sp³-hybridized carbons (Fsp3) is 0.333. The van der Waals surface area contributed by atoms with Crippen molar-refractivity contribution in [2.75, 3.05) is 13.1 Å². The van der Waals surface area contributed by atoms with Crippen LogP contribution in [0.4, 0.5) is 0 Å². The molecule has 1 aliphatic heterocycles. The second-order valence-corrected chi connectivity index (χ2v) is 6.35. The lowest BCUT2D eigenvalue weighted by molar-refractivity contribution is -0.131. The number of furan rings is 1. The van der Waals surface area contributed by atoms with Gasteiger partial charge in [-0.1, -0.05) is 23.7 Å². The summed E-state index contributed by atoms with van der Waals surface area (Å²) in [4.78, 5) is 26.2. The van der Waals surface area contributed by atoms with Crippen LogP contribution in [0.25, 0.3) is 0 Å². The van der Waals surface area contributed by atoms with Crippen LogP contribution in [0.1, 0.15) is 29.0 Å². The molecule has 1 aromatic carbocycles. The number of likely N-dealkylation sites (tertiary alicyclic amines) is 1. The number of nitrogens with zero attached hydrogens (tertiary/aromatic N) is 1. The molecule has 2 heterocycles. The fourth-order valence-corrected chi connectivity index (χ4v) is 2.95. The summed E-state index contributed by atoms with van der Waals surface area (Å²) in [5, 5.41) is 3.62. The Morgan fingerprint density at radius 3 is 2.50 bits per heavy atom. The Balaban J connectivity index is 1.47. The predicted molar refractivity (Wildman–Crippen MR) is 90.9 cm³/mol. The summed E-state index contributed by atoms with van der Waals surface area (Å²) in [6, 6.07) is 10.7. The van der Waals surface area contributed by atoms with Gasteiger partial charge in [-0.15, -0.1) is 0 Å². The number of benzene rings is 1. The summed E-state index contributed by atoms with van der Waals surface area (Å²) in [5.74, 6) is 0.218. The lowest BCUT2D eigenvalue weighted by Crippen LogP contribution is -2.46. The van der Waals surface area contributed by atoms with Crippen LogP contribution >= 0.6 is 11.6 Å². The number of piperidine rings is 1. The smallest absolute Gasteiger partial charge is 0.287 e. The Kier molecular flexibility index (Phi) is 5.20. The molecule has 0 radical (unpaired) electrons. The SMILES string of the molecule is O=C(NC1CCN(C(=O)Cc2ccc(Cl)cc2)CC1)c1ccco1. The highest BCUT2D eigenvalue weighted by Gasteiger charge is 2.24. The van der Waals surface area contributed by atoms with E-state index in [-0.39, 0.29) is 17.9 Å². The fourth-order valence-electron chi connectivity index (χ4n) is 2.83. The third-order valence-corrected chi connectivity index (χ3v) is 4.45. The minimum absolute atomic E-state index is 0.0715. The Morgan fingerprint density at radius 1 is 1.17 bits per heavy atom. The highest BCUT2D eigenvalue weighted by molar-refractivity contribution is 6.30. The number of rotatable bonds is 4. The largest absolute Gasteiger partial charge is 0.459 e. The molecule has 0 aliphatic carbocycles. The van der Waals surface area contributed by atoms with E-state index in [1.165, 1.54) is 6.26 Å². The standard InChI is InChI=1S/C18H19ClN2O3/c19-14-5-3-13(4-6-14)12-17(22)21-9-7-15(8-10-21)20-18(23)16-2-1-11-24-16/h1-6,11,15H,7-10,12H2,(H,20,23). The van der Waals surface area contributed by atoms with Crippen LogP contribution in [0.2, 0.25) is 5.02 Å². The van der Waals surface area contributed by atoms with Crippen molar-refractivity contribution < 1.29 is 14.0 Å². The molecule has 6 heteroatoms. The Labute approximate surface area is 145 Å². The molecule has 3 rings (SSSR count). The maximum absolute atomic E-state index is 12.4. The molecule has 0 unspecified atom stereocenters. The summed E-state index contributed by atoms with van der Waals surface area (Å²) >= 11 is 5.85. The van der Waals surface area contributed by atoms with Gasteiger partial charge in [0.25, 0.3) is 5.91 Å². The molecular formula is C18H19ClN2O3. The van der Waals surface area contributed by atoms with E-state index in [4.69, 9.17) is 16.0 Å². The molecule has 126 valence electrons. The van der Waals surface area contributed by atoms with E-state index >= 15 is 0 Å². The van der Waals surface area contributed by atoms with Crippen molar-refractivity contribution in [3.8, 4) is 0 Å². The topological polar surface area (TPSA) is 62.6 Å². The molecule has 2 amide bonds. The monoisotopic (exact) mass is 346 g/mol. The molecule has 1 saturated heterocycles. The van der Waals surface area contributed by atoms with Crippen LogP contribution in [0.15, 0.2) is 47.1 Å². The molecule has 2 aromatic rings. The quantitative estimate of drug-likeness (QED) is 0.925. The lowest BCUT2D eigenvalue weighted by atomic mass is 10.0. The number of carbonyl (C=O) groups is 2. The first-order chi connectivity index (χ1) is 11.6. The zero-order chi connectivity index (χ0) is 16.9. The summed E-state index contributed by atoms with van der Waals surface area (Å²) in [5.41, 5.74) is 0.956. The average molecular weight is 347 g/mol. The summed E-state index contributed by atoms with van der Waals surface area (Å²) < 4.78 is 5.08. The van der Waals surface area contributed by atoms with Gasteiger partial charge in [-0.05, 0) is 42.7 Å². The van der Waals surface area contributed by atoms with E-state index in [2.05, 4.69) is 5.32 Å². The highest BCUT2D eigenvalue weighted by atomic mass is 35.5. The number of hydrogen-bond donors (Lipinski definition) is 1. The van der Waals surface area contributed by atoms with Crippen molar-refractivity contribution in [1.82, 2.24) is 10.2 Å². The van der Waals surface area contributed by atoms with Gasteiger partial charge in [0.15, 0.2) is 5.76 Å². The van der Waals surface area contributed by atoms with E-state index in [0.717, 1.165) is 18.4 Å². The van der Waals surface area contributed by atoms with Gasteiger partial charge in [-0.2, -0.15) is 0 Å². The number of amides is 2. The summed E-state index contributed by atoms with van der Waals surface area (Å²) in [6.07, 6.45) is 3.35. The van der Waals surface area contributed by atoms with Gasteiger partial charge in [0.05, 0.1) is 12.7 Å². The van der Waals surface area contributed by atoms with E-state index in [1.807, 2.05) is 17.0 Å². The summed E-state index contributed by atoms with van der Waals surface area (Å²) in [7, 11) is 0. The number of hydrogen-bond acceptors (Lipinski definition) is 3. The van der Waals surface area contributed by atoms with Crippen molar-refractivity contribution >= 4 is 23.4 Å². The van der Waals surface area contributed by atoms with Crippen molar-refractivity contribution in [2.45, 2.75) is 25.3 Å². The van der Waals surface area contributed by atoms with Gasteiger partial charge in [-0.3, -0.25) is 9.59 Å². The van der Waals surface area contributed by atoms with Crippen molar-refractivity contribution in [3.63, 3.8) is 0 Å². The maximum Gasteiger partial charge on any atom is 0.287 e. The second-order valence-electron chi connectivity index (χ2n) is 5.91. The number of halogens is 1. The van der Waals surface area contributed by atoms with Crippen molar-refractivity contribution in [3.05, 3.63) is 59.0 Å². The number of nitrogens with one attached hydrogen (secondary N) is 1. The van der Waals surface area contributed by atoms with Crippen molar-refractivity contribution in [1.29, 1.82) is 0 Å². The first-order valence-corrected chi connectivity index (χ1v) is 8.36. The molecule has 0 spiro atoms.